The van der Waals surface area contributed by atoms with Gasteiger partial charge in [-0.25, -0.2) is 0 Å². The lowest BCUT2D eigenvalue weighted by Crippen LogP contribution is -2.30. The summed E-state index contributed by atoms with van der Waals surface area (Å²) in [6.45, 7) is 6.61. The minimum Gasteiger partial charge on any atom is -0.462 e. The molecule has 59 heavy (non-hydrogen) atoms. The average molecular weight is 831 g/mol. The van der Waals surface area contributed by atoms with Crippen molar-refractivity contribution in [3.63, 3.8) is 0 Å². The van der Waals surface area contributed by atoms with Crippen LogP contribution in [0.2, 0.25) is 0 Å². The van der Waals surface area contributed by atoms with Crippen LogP contribution in [-0.2, 0) is 28.6 Å². The normalized spacial score (nSPS) is 12.1. The van der Waals surface area contributed by atoms with Gasteiger partial charge >= 0.3 is 17.9 Å². The van der Waals surface area contributed by atoms with Gasteiger partial charge in [-0.15, -0.1) is 0 Å². The first kappa shape index (κ1) is 56.9. The molecule has 0 aromatic carbocycles. The smallest absolute Gasteiger partial charge is 0.306 e. The lowest BCUT2D eigenvalue weighted by atomic mass is 10.0. The van der Waals surface area contributed by atoms with Gasteiger partial charge in [-0.2, -0.15) is 0 Å². The molecule has 0 rings (SSSR count). The van der Waals surface area contributed by atoms with Crippen molar-refractivity contribution < 1.29 is 28.6 Å². The first-order valence-corrected chi connectivity index (χ1v) is 25.8. The van der Waals surface area contributed by atoms with Crippen molar-refractivity contribution in [3.8, 4) is 0 Å². The Morgan fingerprint density at radius 3 is 0.898 bits per heavy atom. The molecule has 0 aliphatic heterocycles. The number of carbonyl (C=O) groups excluding carboxylic acids is 3. The van der Waals surface area contributed by atoms with E-state index >= 15 is 0 Å². The summed E-state index contributed by atoms with van der Waals surface area (Å²) >= 11 is 0. The second-order valence-corrected chi connectivity index (χ2v) is 17.4. The molecule has 6 heteroatoms. The molecule has 0 aliphatic carbocycles. The number of unbranched alkanes of at least 4 members (excludes halogenated alkanes) is 32. The Bertz CT molecular complexity index is 958. The van der Waals surface area contributed by atoms with Crippen molar-refractivity contribution in [2.45, 2.75) is 284 Å². The summed E-state index contributed by atoms with van der Waals surface area (Å²) in [5, 5.41) is 0. The van der Waals surface area contributed by atoms with Crippen LogP contribution in [0.15, 0.2) is 24.3 Å². The number of hydrogen-bond donors (Lipinski definition) is 0. The number of allylic oxidation sites excluding steroid dienone is 4. The third-order valence-electron chi connectivity index (χ3n) is 11.4. The van der Waals surface area contributed by atoms with E-state index in [1.165, 1.54) is 161 Å². The fourth-order valence-electron chi connectivity index (χ4n) is 7.48. The number of rotatable bonds is 47. The molecule has 0 unspecified atom stereocenters. The third kappa shape index (κ3) is 46.8. The van der Waals surface area contributed by atoms with Crippen LogP contribution < -0.4 is 0 Å². The molecule has 0 fully saturated rings. The van der Waals surface area contributed by atoms with Gasteiger partial charge < -0.3 is 14.2 Å². The summed E-state index contributed by atoms with van der Waals surface area (Å²) in [4.78, 5) is 37.9. The van der Waals surface area contributed by atoms with E-state index in [4.69, 9.17) is 14.2 Å². The SMILES string of the molecule is CCCC/C=C\CCCCCCCC(=O)O[C@H](COC(=O)CCCCCCC/C=C\CCCCCCCC)COC(=O)CCCCCCCCCCCCCCCCC. The number of hydrogen-bond acceptors (Lipinski definition) is 6. The first-order chi connectivity index (χ1) is 29.0. The predicted molar refractivity (Wildman–Crippen MR) is 252 cm³/mol. The van der Waals surface area contributed by atoms with Gasteiger partial charge in [0.2, 0.25) is 0 Å². The van der Waals surface area contributed by atoms with Crippen molar-refractivity contribution in [1.29, 1.82) is 0 Å². The molecule has 0 aromatic heterocycles. The lowest BCUT2D eigenvalue weighted by Gasteiger charge is -2.18. The van der Waals surface area contributed by atoms with Crippen LogP contribution in [0.4, 0.5) is 0 Å². The summed E-state index contributed by atoms with van der Waals surface area (Å²) < 4.78 is 16.8. The van der Waals surface area contributed by atoms with E-state index in [0.29, 0.717) is 19.3 Å². The maximum absolute atomic E-state index is 12.7. The van der Waals surface area contributed by atoms with E-state index < -0.39 is 6.10 Å². The molecular formula is C53H98O6. The number of carbonyl (C=O) groups is 3. The fourth-order valence-corrected chi connectivity index (χ4v) is 7.48. The molecule has 0 bridgehead atoms. The molecule has 0 heterocycles. The first-order valence-electron chi connectivity index (χ1n) is 25.8. The van der Waals surface area contributed by atoms with Crippen LogP contribution in [0.1, 0.15) is 278 Å². The third-order valence-corrected chi connectivity index (χ3v) is 11.4. The van der Waals surface area contributed by atoms with Crippen molar-refractivity contribution in [1.82, 2.24) is 0 Å². The maximum Gasteiger partial charge on any atom is 0.306 e. The van der Waals surface area contributed by atoms with Crippen molar-refractivity contribution in [2.24, 2.45) is 0 Å². The zero-order valence-corrected chi connectivity index (χ0v) is 39.5. The van der Waals surface area contributed by atoms with Crippen molar-refractivity contribution >= 4 is 17.9 Å². The molecule has 346 valence electrons. The predicted octanol–water partition coefficient (Wildman–Crippen LogP) is 16.8. The highest BCUT2D eigenvalue weighted by molar-refractivity contribution is 5.71. The zero-order valence-electron chi connectivity index (χ0n) is 39.5. The molecule has 0 N–H and O–H groups in total. The Balaban J connectivity index is 4.33. The highest BCUT2D eigenvalue weighted by Crippen LogP contribution is 2.16. The van der Waals surface area contributed by atoms with Gasteiger partial charge in [-0.3, -0.25) is 14.4 Å². The van der Waals surface area contributed by atoms with Crippen LogP contribution in [-0.4, -0.2) is 37.2 Å². The van der Waals surface area contributed by atoms with Gasteiger partial charge in [0, 0.05) is 19.3 Å². The summed E-state index contributed by atoms with van der Waals surface area (Å²) in [7, 11) is 0. The zero-order chi connectivity index (χ0) is 43.0. The molecule has 0 aromatic rings. The van der Waals surface area contributed by atoms with E-state index in [2.05, 4.69) is 45.1 Å². The second-order valence-electron chi connectivity index (χ2n) is 17.4. The van der Waals surface area contributed by atoms with E-state index in [-0.39, 0.29) is 31.1 Å². The largest absolute Gasteiger partial charge is 0.462 e. The molecule has 0 radical (unpaired) electrons. The van der Waals surface area contributed by atoms with Crippen LogP contribution in [0.25, 0.3) is 0 Å². The number of ether oxygens (including phenoxy) is 3. The van der Waals surface area contributed by atoms with Crippen LogP contribution in [0.5, 0.6) is 0 Å². The minimum atomic E-state index is -0.773. The Kier molecular flexibility index (Phi) is 46.8. The quantitative estimate of drug-likeness (QED) is 0.0263. The Morgan fingerprint density at radius 2 is 0.576 bits per heavy atom. The summed E-state index contributed by atoms with van der Waals surface area (Å²) in [5.41, 5.74) is 0. The van der Waals surface area contributed by atoms with Crippen LogP contribution >= 0.6 is 0 Å². The van der Waals surface area contributed by atoms with Gasteiger partial charge in [0.05, 0.1) is 0 Å². The molecular weight excluding hydrogens is 733 g/mol. The monoisotopic (exact) mass is 831 g/mol. The lowest BCUT2D eigenvalue weighted by molar-refractivity contribution is -0.167. The molecule has 0 aliphatic rings. The highest BCUT2D eigenvalue weighted by atomic mass is 16.6. The van der Waals surface area contributed by atoms with Gasteiger partial charge in [0.25, 0.3) is 0 Å². The van der Waals surface area contributed by atoms with Crippen LogP contribution in [0, 0.1) is 0 Å². The number of esters is 3. The highest BCUT2D eigenvalue weighted by Gasteiger charge is 2.19. The molecule has 0 spiro atoms. The minimum absolute atomic E-state index is 0.0736. The van der Waals surface area contributed by atoms with E-state index in [0.717, 1.165) is 77.0 Å². The van der Waals surface area contributed by atoms with E-state index in [1.807, 2.05) is 0 Å². The molecule has 0 saturated carbocycles. The Morgan fingerprint density at radius 1 is 0.322 bits per heavy atom. The molecule has 0 amide bonds. The molecule has 0 saturated heterocycles. The summed E-state index contributed by atoms with van der Waals surface area (Å²) in [6.07, 6.45) is 54.4. The maximum atomic E-state index is 12.7. The average Bonchev–Trinajstić information content (AvgIpc) is 3.23. The molecule has 6 nitrogen and oxygen atoms in total. The Labute approximate surface area is 366 Å². The molecule has 1 atom stereocenters. The van der Waals surface area contributed by atoms with E-state index in [9.17, 15) is 14.4 Å². The van der Waals surface area contributed by atoms with E-state index in [1.54, 1.807) is 0 Å². The Hall–Kier alpha value is -2.11. The summed E-state index contributed by atoms with van der Waals surface area (Å²) in [5.74, 6) is -0.880. The summed E-state index contributed by atoms with van der Waals surface area (Å²) in [6, 6.07) is 0. The van der Waals surface area contributed by atoms with Gasteiger partial charge in [-0.1, -0.05) is 218 Å². The van der Waals surface area contributed by atoms with Crippen molar-refractivity contribution in [3.05, 3.63) is 24.3 Å². The van der Waals surface area contributed by atoms with Gasteiger partial charge in [0.15, 0.2) is 6.10 Å². The van der Waals surface area contributed by atoms with Crippen LogP contribution in [0.3, 0.4) is 0 Å². The van der Waals surface area contributed by atoms with Crippen molar-refractivity contribution in [2.75, 3.05) is 13.2 Å². The van der Waals surface area contributed by atoms with Gasteiger partial charge in [0.1, 0.15) is 13.2 Å². The fraction of sp³-hybridized carbons (Fsp3) is 0.868. The second kappa shape index (κ2) is 48.6. The topological polar surface area (TPSA) is 78.9 Å². The van der Waals surface area contributed by atoms with Gasteiger partial charge in [-0.05, 0) is 64.2 Å². The standard InChI is InChI=1S/C53H98O6/c1-4-7-10-13-16-19-22-24-26-28-31-33-36-39-42-45-51(54)57-48-50(59-53(56)47-44-41-38-35-30-21-18-15-12-9-6-3)49-58-52(55)46-43-40-37-34-32-29-27-25-23-20-17-14-11-8-5-2/h15,18,24,26,50H,4-14,16-17,19-23,25,27-49H2,1-3H3/b18-15-,26-24-/t50-/m1/s1.